The molecule has 0 radical (unpaired) electrons. The SMILES string of the molecule is COC(=O)CC(=O)c1noc2ccc(Br)cc12. The van der Waals surface area contributed by atoms with E-state index in [0.717, 1.165) is 4.47 Å². The summed E-state index contributed by atoms with van der Waals surface area (Å²) in [5.41, 5.74) is 0.646. The minimum atomic E-state index is -0.596. The van der Waals surface area contributed by atoms with Gasteiger partial charge in [-0.2, -0.15) is 0 Å². The molecule has 17 heavy (non-hydrogen) atoms. The van der Waals surface area contributed by atoms with Crippen LogP contribution in [-0.4, -0.2) is 24.0 Å². The highest BCUT2D eigenvalue weighted by Crippen LogP contribution is 2.23. The maximum Gasteiger partial charge on any atom is 0.313 e. The lowest BCUT2D eigenvalue weighted by Gasteiger charge is -1.96. The molecule has 0 fully saturated rings. The maximum atomic E-state index is 11.8. The normalized spacial score (nSPS) is 10.5. The van der Waals surface area contributed by atoms with Crippen LogP contribution in [-0.2, 0) is 9.53 Å². The molecule has 2 rings (SSSR count). The molecule has 0 amide bonds. The number of aromatic nitrogens is 1. The number of carbonyl (C=O) groups is 2. The number of carbonyl (C=O) groups excluding carboxylic acids is 2. The summed E-state index contributed by atoms with van der Waals surface area (Å²) in [4.78, 5) is 22.8. The van der Waals surface area contributed by atoms with Gasteiger partial charge in [0.1, 0.15) is 6.42 Å². The minimum Gasteiger partial charge on any atom is -0.469 e. The molecule has 0 aliphatic carbocycles. The van der Waals surface area contributed by atoms with Crippen molar-refractivity contribution in [1.82, 2.24) is 5.16 Å². The van der Waals surface area contributed by atoms with Crippen LogP contribution in [0.15, 0.2) is 27.2 Å². The Labute approximate surface area is 105 Å². The third-order valence-corrected chi connectivity index (χ3v) is 2.72. The summed E-state index contributed by atoms with van der Waals surface area (Å²) in [5, 5.41) is 4.25. The molecule has 0 saturated heterocycles. The smallest absolute Gasteiger partial charge is 0.313 e. The first-order valence-electron chi connectivity index (χ1n) is 4.77. The zero-order valence-corrected chi connectivity index (χ0v) is 10.5. The number of methoxy groups -OCH3 is 1. The van der Waals surface area contributed by atoms with Gasteiger partial charge in [-0.15, -0.1) is 0 Å². The Kier molecular flexibility index (Phi) is 3.23. The molecule has 1 heterocycles. The van der Waals surface area contributed by atoms with Gasteiger partial charge in [0.15, 0.2) is 17.1 Å². The quantitative estimate of drug-likeness (QED) is 0.494. The molecule has 0 N–H and O–H groups in total. The van der Waals surface area contributed by atoms with Crippen molar-refractivity contribution in [2.24, 2.45) is 0 Å². The topological polar surface area (TPSA) is 69.4 Å². The van der Waals surface area contributed by atoms with E-state index in [4.69, 9.17) is 4.52 Å². The van der Waals surface area contributed by atoms with Crippen LogP contribution in [0.1, 0.15) is 16.9 Å². The minimum absolute atomic E-state index is 0.145. The first-order valence-corrected chi connectivity index (χ1v) is 5.56. The number of esters is 1. The molecule has 1 aromatic carbocycles. The largest absolute Gasteiger partial charge is 0.469 e. The van der Waals surface area contributed by atoms with E-state index in [1.807, 2.05) is 0 Å². The van der Waals surface area contributed by atoms with E-state index >= 15 is 0 Å². The second-order valence-corrected chi connectivity index (χ2v) is 4.26. The maximum absolute atomic E-state index is 11.8. The van der Waals surface area contributed by atoms with Crippen LogP contribution in [0, 0.1) is 0 Å². The molecule has 0 saturated carbocycles. The van der Waals surface area contributed by atoms with Gasteiger partial charge in [0.2, 0.25) is 0 Å². The number of rotatable bonds is 3. The predicted molar refractivity (Wildman–Crippen MR) is 62.7 cm³/mol. The number of halogens is 1. The lowest BCUT2D eigenvalue weighted by Crippen LogP contribution is -2.10. The van der Waals surface area contributed by atoms with Crippen molar-refractivity contribution >= 4 is 38.7 Å². The summed E-state index contributed by atoms with van der Waals surface area (Å²) >= 11 is 3.29. The van der Waals surface area contributed by atoms with Crippen molar-refractivity contribution in [2.75, 3.05) is 7.11 Å². The number of nitrogens with zero attached hydrogens (tertiary/aromatic N) is 1. The average Bonchev–Trinajstić information content (AvgIpc) is 2.71. The molecule has 1 aromatic heterocycles. The van der Waals surface area contributed by atoms with Gasteiger partial charge in [-0.3, -0.25) is 9.59 Å². The summed E-state index contributed by atoms with van der Waals surface area (Å²) in [6.45, 7) is 0. The van der Waals surface area contributed by atoms with E-state index in [2.05, 4.69) is 25.8 Å². The fraction of sp³-hybridized carbons (Fsp3) is 0.182. The van der Waals surface area contributed by atoms with Crippen LogP contribution < -0.4 is 0 Å². The van der Waals surface area contributed by atoms with E-state index in [1.165, 1.54) is 7.11 Å². The molecule has 0 unspecified atom stereocenters. The molecule has 2 aromatic rings. The number of hydrogen-bond donors (Lipinski definition) is 0. The molecule has 0 spiro atoms. The molecule has 0 aliphatic rings. The van der Waals surface area contributed by atoms with E-state index in [0.29, 0.717) is 11.0 Å². The Morgan fingerprint density at radius 3 is 2.94 bits per heavy atom. The summed E-state index contributed by atoms with van der Waals surface area (Å²) in [6, 6.07) is 5.19. The number of ketones is 1. The Balaban J connectivity index is 2.38. The van der Waals surface area contributed by atoms with E-state index in [9.17, 15) is 9.59 Å². The molecule has 0 aliphatic heterocycles. The van der Waals surface area contributed by atoms with Crippen LogP contribution in [0.3, 0.4) is 0 Å². The molecule has 0 atom stereocenters. The van der Waals surface area contributed by atoms with Gasteiger partial charge in [-0.25, -0.2) is 0 Å². The second kappa shape index (κ2) is 4.67. The number of hydrogen-bond acceptors (Lipinski definition) is 5. The monoisotopic (exact) mass is 297 g/mol. The van der Waals surface area contributed by atoms with Gasteiger partial charge in [0.25, 0.3) is 0 Å². The predicted octanol–water partition coefficient (Wildman–Crippen LogP) is 2.34. The van der Waals surface area contributed by atoms with Crippen LogP contribution in [0.4, 0.5) is 0 Å². The van der Waals surface area contributed by atoms with E-state index in [1.54, 1.807) is 18.2 Å². The van der Waals surface area contributed by atoms with Gasteiger partial charge in [-0.1, -0.05) is 21.1 Å². The molecule has 6 heteroatoms. The highest BCUT2D eigenvalue weighted by Gasteiger charge is 2.19. The molecule has 0 bridgehead atoms. The van der Waals surface area contributed by atoms with Crippen molar-refractivity contribution in [2.45, 2.75) is 6.42 Å². The van der Waals surface area contributed by atoms with Crippen LogP contribution in [0.5, 0.6) is 0 Å². The van der Waals surface area contributed by atoms with Crippen molar-refractivity contribution in [1.29, 1.82) is 0 Å². The third kappa shape index (κ3) is 2.36. The molecular weight excluding hydrogens is 290 g/mol. The molecular formula is C11H8BrNO4. The zero-order valence-electron chi connectivity index (χ0n) is 8.90. The van der Waals surface area contributed by atoms with Crippen molar-refractivity contribution in [3.63, 3.8) is 0 Å². The Hall–Kier alpha value is -1.69. The van der Waals surface area contributed by atoms with Gasteiger partial charge in [-0.05, 0) is 18.2 Å². The number of benzene rings is 1. The van der Waals surface area contributed by atoms with E-state index in [-0.39, 0.29) is 12.1 Å². The fourth-order valence-corrected chi connectivity index (χ4v) is 1.76. The third-order valence-electron chi connectivity index (χ3n) is 2.23. The first-order chi connectivity index (χ1) is 8.11. The standard InChI is InChI=1S/C11H8BrNO4/c1-16-10(15)5-8(14)11-7-4-6(12)2-3-9(7)17-13-11/h2-4H,5H2,1H3. The van der Waals surface area contributed by atoms with Crippen molar-refractivity contribution in [3.05, 3.63) is 28.4 Å². The van der Waals surface area contributed by atoms with E-state index < -0.39 is 11.8 Å². The van der Waals surface area contributed by atoms with Gasteiger partial charge < -0.3 is 9.26 Å². The fourth-order valence-electron chi connectivity index (χ4n) is 1.40. The lowest BCUT2D eigenvalue weighted by molar-refractivity contribution is -0.139. The summed E-state index contributed by atoms with van der Waals surface area (Å²) in [7, 11) is 1.23. The van der Waals surface area contributed by atoms with Gasteiger partial charge >= 0.3 is 5.97 Å². The number of fused-ring (bicyclic) bond motifs is 1. The highest BCUT2D eigenvalue weighted by atomic mass is 79.9. The van der Waals surface area contributed by atoms with Crippen LogP contribution >= 0.6 is 15.9 Å². The van der Waals surface area contributed by atoms with Gasteiger partial charge in [0.05, 0.1) is 12.5 Å². The Bertz CT molecular complexity index is 590. The summed E-state index contributed by atoms with van der Waals surface area (Å²) < 4.78 is 10.2. The van der Waals surface area contributed by atoms with Crippen molar-refractivity contribution in [3.8, 4) is 0 Å². The van der Waals surface area contributed by atoms with Crippen molar-refractivity contribution < 1.29 is 18.8 Å². The number of Topliss-reactive ketones (excluding diaryl/α,β-unsaturated/α-hetero) is 1. The molecule has 5 nitrogen and oxygen atoms in total. The number of ether oxygens (including phenoxy) is 1. The zero-order chi connectivity index (χ0) is 12.4. The van der Waals surface area contributed by atoms with Gasteiger partial charge in [0, 0.05) is 4.47 Å². The first kappa shape index (κ1) is 11.8. The average molecular weight is 298 g/mol. The summed E-state index contributed by atoms with van der Waals surface area (Å²) in [6.07, 6.45) is -0.343. The summed E-state index contributed by atoms with van der Waals surface area (Å²) in [5.74, 6) is -1.02. The highest BCUT2D eigenvalue weighted by molar-refractivity contribution is 9.10. The van der Waals surface area contributed by atoms with Crippen LogP contribution in [0.25, 0.3) is 11.0 Å². The molecule has 88 valence electrons. The second-order valence-electron chi connectivity index (χ2n) is 3.35. The Morgan fingerprint density at radius 1 is 1.47 bits per heavy atom. The Morgan fingerprint density at radius 2 is 2.24 bits per heavy atom. The lowest BCUT2D eigenvalue weighted by atomic mass is 10.1. The van der Waals surface area contributed by atoms with Crippen LogP contribution in [0.2, 0.25) is 0 Å².